The Morgan fingerprint density at radius 2 is 2.19 bits per heavy atom. The van der Waals surface area contributed by atoms with Crippen molar-refractivity contribution in [2.24, 2.45) is 0 Å². The molecule has 0 aromatic heterocycles. The van der Waals surface area contributed by atoms with E-state index in [9.17, 15) is 13.6 Å². The van der Waals surface area contributed by atoms with Crippen molar-refractivity contribution in [1.29, 1.82) is 0 Å². The smallest absolute Gasteiger partial charge is 0.387 e. The minimum absolute atomic E-state index is 0.0536. The molecule has 1 aromatic carbocycles. The Morgan fingerprint density at radius 3 is 2.75 bits per heavy atom. The van der Waals surface area contributed by atoms with E-state index >= 15 is 0 Å². The average molecular weight is 248 g/mol. The van der Waals surface area contributed by atoms with E-state index in [1.165, 1.54) is 6.07 Å². The van der Waals surface area contributed by atoms with E-state index in [0.29, 0.717) is 5.56 Å². The summed E-state index contributed by atoms with van der Waals surface area (Å²) >= 11 is 3.98. The van der Waals surface area contributed by atoms with Gasteiger partial charge in [0.05, 0.1) is 0 Å². The Kier molecular flexibility index (Phi) is 4.54. The number of aryl methyl sites for hydroxylation is 1. The van der Waals surface area contributed by atoms with E-state index < -0.39 is 12.6 Å². The second kappa shape index (κ2) is 5.69. The quantitative estimate of drug-likeness (QED) is 0.787. The lowest BCUT2D eigenvalue weighted by molar-refractivity contribution is -0.136. The summed E-state index contributed by atoms with van der Waals surface area (Å²) in [5.74, 6) is -1.05. The van der Waals surface area contributed by atoms with Gasteiger partial charge in [0.1, 0.15) is 5.75 Å². The molecule has 0 unspecified atom stereocenters. The summed E-state index contributed by atoms with van der Waals surface area (Å²) in [7, 11) is 0. The topological polar surface area (TPSA) is 46.5 Å². The first kappa shape index (κ1) is 12.8. The van der Waals surface area contributed by atoms with Gasteiger partial charge >= 0.3 is 12.6 Å². The number of carboxylic acid groups (broad SMARTS) is 1. The molecule has 0 aliphatic heterocycles. The van der Waals surface area contributed by atoms with Gasteiger partial charge in [0.25, 0.3) is 0 Å². The summed E-state index contributed by atoms with van der Waals surface area (Å²) < 4.78 is 28.5. The standard InChI is InChI=1S/C10H10F2O3S/c11-10(12)15-9-6(4-5-8(13)14)2-1-3-7(9)16/h1-3,10,16H,4-5H2,(H,13,14). The lowest BCUT2D eigenvalue weighted by atomic mass is 10.1. The fourth-order valence-electron chi connectivity index (χ4n) is 1.23. The molecular weight excluding hydrogens is 238 g/mol. The van der Waals surface area contributed by atoms with Gasteiger partial charge in [-0.1, -0.05) is 12.1 Å². The zero-order chi connectivity index (χ0) is 12.1. The Balaban J connectivity index is 2.89. The van der Waals surface area contributed by atoms with Crippen molar-refractivity contribution in [2.75, 3.05) is 0 Å². The number of benzene rings is 1. The molecule has 1 aromatic rings. The van der Waals surface area contributed by atoms with Crippen LogP contribution in [0.4, 0.5) is 8.78 Å². The van der Waals surface area contributed by atoms with Crippen LogP contribution in [0.5, 0.6) is 5.75 Å². The first-order valence-corrected chi connectivity index (χ1v) is 4.93. The number of carboxylic acids is 1. The summed E-state index contributed by atoms with van der Waals surface area (Å²) in [6.45, 7) is -2.95. The van der Waals surface area contributed by atoms with Crippen molar-refractivity contribution in [3.8, 4) is 5.75 Å². The van der Waals surface area contributed by atoms with Gasteiger partial charge in [-0.15, -0.1) is 12.6 Å². The van der Waals surface area contributed by atoms with Gasteiger partial charge in [-0.3, -0.25) is 4.79 Å². The van der Waals surface area contributed by atoms with Crippen LogP contribution in [-0.4, -0.2) is 17.7 Å². The molecule has 1 N–H and O–H groups in total. The van der Waals surface area contributed by atoms with Crippen LogP contribution in [0, 0.1) is 0 Å². The van der Waals surface area contributed by atoms with Crippen LogP contribution in [0.15, 0.2) is 23.1 Å². The predicted molar refractivity (Wildman–Crippen MR) is 56.3 cm³/mol. The maximum atomic E-state index is 12.1. The molecule has 0 fully saturated rings. The number of para-hydroxylation sites is 1. The van der Waals surface area contributed by atoms with Crippen LogP contribution in [0.3, 0.4) is 0 Å². The molecule has 3 nitrogen and oxygen atoms in total. The van der Waals surface area contributed by atoms with E-state index in [4.69, 9.17) is 5.11 Å². The summed E-state index contributed by atoms with van der Waals surface area (Å²) in [5, 5.41) is 8.51. The minimum atomic E-state index is -2.95. The Labute approximate surface area is 96.4 Å². The van der Waals surface area contributed by atoms with Crippen LogP contribution < -0.4 is 4.74 Å². The van der Waals surface area contributed by atoms with Crippen LogP contribution >= 0.6 is 12.6 Å². The highest BCUT2D eigenvalue weighted by atomic mass is 32.1. The number of hydrogen-bond acceptors (Lipinski definition) is 3. The lowest BCUT2D eigenvalue weighted by Gasteiger charge is -2.11. The maximum Gasteiger partial charge on any atom is 0.387 e. The zero-order valence-electron chi connectivity index (χ0n) is 8.19. The SMILES string of the molecule is O=C(O)CCc1cccc(S)c1OC(F)F. The molecule has 0 bridgehead atoms. The summed E-state index contributed by atoms with van der Waals surface area (Å²) in [6, 6.07) is 4.66. The highest BCUT2D eigenvalue weighted by Crippen LogP contribution is 2.29. The molecule has 6 heteroatoms. The number of rotatable bonds is 5. The third-order valence-electron chi connectivity index (χ3n) is 1.89. The van der Waals surface area contributed by atoms with Crippen LogP contribution in [0.1, 0.15) is 12.0 Å². The van der Waals surface area contributed by atoms with E-state index in [-0.39, 0.29) is 23.5 Å². The maximum absolute atomic E-state index is 12.1. The van der Waals surface area contributed by atoms with Gasteiger partial charge in [0, 0.05) is 11.3 Å². The lowest BCUT2D eigenvalue weighted by Crippen LogP contribution is -2.06. The van der Waals surface area contributed by atoms with E-state index in [2.05, 4.69) is 17.4 Å². The summed E-state index contributed by atoms with van der Waals surface area (Å²) in [6.07, 6.45) is -0.0113. The molecule has 88 valence electrons. The number of aliphatic carboxylic acids is 1. The Bertz CT molecular complexity index is 382. The van der Waals surface area contributed by atoms with Crippen LogP contribution in [0.25, 0.3) is 0 Å². The van der Waals surface area contributed by atoms with Crippen molar-refractivity contribution in [3.05, 3.63) is 23.8 Å². The molecule has 0 saturated heterocycles. The van der Waals surface area contributed by atoms with Crippen molar-refractivity contribution < 1.29 is 23.4 Å². The number of carbonyl (C=O) groups is 1. The van der Waals surface area contributed by atoms with Gasteiger partial charge in [-0.2, -0.15) is 8.78 Å². The second-order valence-electron chi connectivity index (χ2n) is 3.04. The van der Waals surface area contributed by atoms with E-state index in [1.54, 1.807) is 12.1 Å². The van der Waals surface area contributed by atoms with Crippen molar-refractivity contribution in [3.63, 3.8) is 0 Å². The first-order valence-electron chi connectivity index (χ1n) is 4.48. The number of ether oxygens (including phenoxy) is 1. The van der Waals surface area contributed by atoms with Gasteiger partial charge in [0.15, 0.2) is 0 Å². The largest absolute Gasteiger partial charge is 0.481 e. The average Bonchev–Trinajstić information content (AvgIpc) is 2.18. The predicted octanol–water partition coefficient (Wildman–Crippen LogP) is 2.59. The number of alkyl halides is 2. The Morgan fingerprint density at radius 1 is 1.50 bits per heavy atom. The molecule has 0 aliphatic rings. The molecule has 0 radical (unpaired) electrons. The fourth-order valence-corrected chi connectivity index (χ4v) is 1.52. The number of thiol groups is 1. The zero-order valence-corrected chi connectivity index (χ0v) is 9.08. The first-order chi connectivity index (χ1) is 7.50. The molecule has 0 aliphatic carbocycles. The second-order valence-corrected chi connectivity index (χ2v) is 3.52. The molecule has 0 amide bonds. The third kappa shape index (κ3) is 3.69. The normalized spacial score (nSPS) is 10.5. The van der Waals surface area contributed by atoms with Crippen molar-refractivity contribution in [1.82, 2.24) is 0 Å². The summed E-state index contributed by atoms with van der Waals surface area (Å²) in [4.78, 5) is 10.6. The molecule has 0 spiro atoms. The van der Waals surface area contributed by atoms with Gasteiger partial charge in [-0.05, 0) is 18.1 Å². The van der Waals surface area contributed by atoms with E-state index in [1.807, 2.05) is 0 Å². The van der Waals surface area contributed by atoms with Gasteiger partial charge in [-0.25, -0.2) is 0 Å². The van der Waals surface area contributed by atoms with Crippen molar-refractivity contribution >= 4 is 18.6 Å². The summed E-state index contributed by atoms with van der Waals surface area (Å²) in [5.41, 5.74) is 0.412. The molecule has 1 rings (SSSR count). The number of halogens is 2. The Hall–Kier alpha value is -1.30. The number of hydrogen-bond donors (Lipinski definition) is 2. The van der Waals surface area contributed by atoms with Crippen LogP contribution in [0.2, 0.25) is 0 Å². The molecule has 16 heavy (non-hydrogen) atoms. The molecule has 0 heterocycles. The minimum Gasteiger partial charge on any atom is -0.481 e. The highest BCUT2D eigenvalue weighted by Gasteiger charge is 2.13. The fraction of sp³-hybridized carbons (Fsp3) is 0.300. The highest BCUT2D eigenvalue weighted by molar-refractivity contribution is 7.80. The van der Waals surface area contributed by atoms with E-state index in [0.717, 1.165) is 0 Å². The molecule has 0 saturated carbocycles. The monoisotopic (exact) mass is 248 g/mol. The van der Waals surface area contributed by atoms with Gasteiger partial charge < -0.3 is 9.84 Å². The van der Waals surface area contributed by atoms with Crippen LogP contribution in [-0.2, 0) is 11.2 Å². The van der Waals surface area contributed by atoms with Gasteiger partial charge in [0.2, 0.25) is 0 Å². The van der Waals surface area contributed by atoms with Crippen molar-refractivity contribution in [2.45, 2.75) is 24.3 Å². The molecule has 0 atom stereocenters. The molecular formula is C10H10F2O3S. The third-order valence-corrected chi connectivity index (χ3v) is 2.24.